The number of hydrogen-bond donors (Lipinski definition) is 1. The van der Waals surface area contributed by atoms with Crippen LogP contribution in [0, 0.1) is 6.92 Å². The molecule has 0 spiro atoms. The Labute approximate surface area is 113 Å². The molecule has 3 nitrogen and oxygen atoms in total. The van der Waals surface area contributed by atoms with E-state index in [0.717, 1.165) is 30.8 Å². The standard InChI is InChI=1S/C14H20ClNO2/c1-3-16-6-7-18-13(9-16)14(17)11-5-4-10(2)12(15)8-11/h4-5,8,13-14,17H,3,6-7,9H2,1-2H3. The average molecular weight is 270 g/mol. The SMILES string of the molecule is CCN1CCOC(C(O)c2ccc(C)c(Cl)c2)C1. The summed E-state index contributed by atoms with van der Waals surface area (Å²) in [5, 5.41) is 11.1. The summed E-state index contributed by atoms with van der Waals surface area (Å²) in [4.78, 5) is 2.28. The van der Waals surface area contributed by atoms with E-state index in [1.165, 1.54) is 0 Å². The van der Waals surface area contributed by atoms with Crippen LogP contribution in [0.5, 0.6) is 0 Å². The van der Waals surface area contributed by atoms with E-state index >= 15 is 0 Å². The molecule has 0 saturated carbocycles. The van der Waals surface area contributed by atoms with Crippen LogP contribution in [0.25, 0.3) is 0 Å². The Bertz CT molecular complexity index is 411. The number of benzene rings is 1. The maximum absolute atomic E-state index is 10.4. The van der Waals surface area contributed by atoms with E-state index in [1.54, 1.807) is 0 Å². The zero-order valence-electron chi connectivity index (χ0n) is 10.9. The van der Waals surface area contributed by atoms with Crippen LogP contribution in [0.4, 0.5) is 0 Å². The second kappa shape index (κ2) is 6.02. The molecule has 1 heterocycles. The molecule has 2 unspecified atom stereocenters. The molecule has 100 valence electrons. The van der Waals surface area contributed by atoms with Crippen molar-refractivity contribution in [3.63, 3.8) is 0 Å². The molecule has 1 aliphatic heterocycles. The lowest BCUT2D eigenvalue weighted by atomic mass is 10.0. The molecule has 0 amide bonds. The summed E-state index contributed by atoms with van der Waals surface area (Å²) in [5.41, 5.74) is 1.85. The van der Waals surface area contributed by atoms with E-state index in [9.17, 15) is 5.11 Å². The number of aliphatic hydroxyl groups is 1. The third-order valence-corrected chi connectivity index (χ3v) is 3.92. The van der Waals surface area contributed by atoms with Crippen molar-refractivity contribution in [1.29, 1.82) is 0 Å². The molecule has 2 atom stereocenters. The molecular formula is C14H20ClNO2. The number of rotatable bonds is 3. The maximum atomic E-state index is 10.4. The number of likely N-dealkylation sites (N-methyl/N-ethyl adjacent to an activating group) is 1. The van der Waals surface area contributed by atoms with Gasteiger partial charge in [-0.05, 0) is 30.7 Å². The van der Waals surface area contributed by atoms with Gasteiger partial charge < -0.3 is 9.84 Å². The van der Waals surface area contributed by atoms with Crippen molar-refractivity contribution in [2.45, 2.75) is 26.1 Å². The van der Waals surface area contributed by atoms with Crippen molar-refractivity contribution in [1.82, 2.24) is 4.90 Å². The Morgan fingerprint density at radius 1 is 1.56 bits per heavy atom. The number of ether oxygens (including phenoxy) is 1. The van der Waals surface area contributed by atoms with Gasteiger partial charge in [0, 0.05) is 18.1 Å². The molecule has 18 heavy (non-hydrogen) atoms. The summed E-state index contributed by atoms with van der Waals surface area (Å²) < 4.78 is 5.66. The van der Waals surface area contributed by atoms with Crippen molar-refractivity contribution in [3.05, 3.63) is 34.3 Å². The lowest BCUT2D eigenvalue weighted by Gasteiger charge is -2.34. The fourth-order valence-corrected chi connectivity index (χ4v) is 2.41. The first-order valence-corrected chi connectivity index (χ1v) is 6.77. The summed E-state index contributed by atoms with van der Waals surface area (Å²) >= 11 is 6.09. The normalized spacial score (nSPS) is 23.0. The van der Waals surface area contributed by atoms with Gasteiger partial charge in [0.05, 0.1) is 6.61 Å². The molecule has 1 aromatic rings. The average Bonchev–Trinajstić information content (AvgIpc) is 2.41. The van der Waals surface area contributed by atoms with Gasteiger partial charge in [-0.15, -0.1) is 0 Å². The smallest absolute Gasteiger partial charge is 0.106 e. The molecule has 1 saturated heterocycles. The van der Waals surface area contributed by atoms with Crippen LogP contribution in [0.2, 0.25) is 5.02 Å². The number of morpholine rings is 1. The molecule has 2 rings (SSSR count). The Balaban J connectivity index is 2.10. The first-order chi connectivity index (χ1) is 8.61. The molecule has 0 aromatic heterocycles. The lowest BCUT2D eigenvalue weighted by molar-refractivity contribution is -0.0888. The van der Waals surface area contributed by atoms with Crippen molar-refractivity contribution in [2.24, 2.45) is 0 Å². The first-order valence-electron chi connectivity index (χ1n) is 6.40. The lowest BCUT2D eigenvalue weighted by Crippen LogP contribution is -2.44. The third-order valence-electron chi connectivity index (χ3n) is 3.51. The zero-order chi connectivity index (χ0) is 13.1. The van der Waals surface area contributed by atoms with Gasteiger partial charge in [0.25, 0.3) is 0 Å². The largest absolute Gasteiger partial charge is 0.386 e. The molecular weight excluding hydrogens is 250 g/mol. The van der Waals surface area contributed by atoms with Crippen molar-refractivity contribution >= 4 is 11.6 Å². The number of aryl methyl sites for hydroxylation is 1. The van der Waals surface area contributed by atoms with E-state index in [4.69, 9.17) is 16.3 Å². The molecule has 1 N–H and O–H groups in total. The Morgan fingerprint density at radius 2 is 2.33 bits per heavy atom. The maximum Gasteiger partial charge on any atom is 0.106 e. The first kappa shape index (κ1) is 13.8. The number of halogens is 1. The van der Waals surface area contributed by atoms with E-state index in [0.29, 0.717) is 11.6 Å². The van der Waals surface area contributed by atoms with Gasteiger partial charge in [0.2, 0.25) is 0 Å². The molecule has 0 bridgehead atoms. The van der Waals surface area contributed by atoms with Crippen LogP contribution in [0.15, 0.2) is 18.2 Å². The summed E-state index contributed by atoms with van der Waals surface area (Å²) in [7, 11) is 0. The fraction of sp³-hybridized carbons (Fsp3) is 0.571. The minimum absolute atomic E-state index is 0.169. The quantitative estimate of drug-likeness (QED) is 0.915. The Hall–Kier alpha value is -0.610. The number of aliphatic hydroxyl groups excluding tert-OH is 1. The van der Waals surface area contributed by atoms with E-state index < -0.39 is 6.10 Å². The topological polar surface area (TPSA) is 32.7 Å². The third kappa shape index (κ3) is 3.04. The van der Waals surface area contributed by atoms with Crippen molar-refractivity contribution in [3.8, 4) is 0 Å². The highest BCUT2D eigenvalue weighted by molar-refractivity contribution is 6.31. The van der Waals surface area contributed by atoms with Gasteiger partial charge in [0.1, 0.15) is 12.2 Å². The zero-order valence-corrected chi connectivity index (χ0v) is 11.7. The fourth-order valence-electron chi connectivity index (χ4n) is 2.22. The second-order valence-corrected chi connectivity index (χ2v) is 5.16. The molecule has 4 heteroatoms. The molecule has 0 radical (unpaired) electrons. The van der Waals surface area contributed by atoms with Crippen LogP contribution in [-0.2, 0) is 4.74 Å². The van der Waals surface area contributed by atoms with E-state index in [1.807, 2.05) is 25.1 Å². The highest BCUT2D eigenvalue weighted by atomic mass is 35.5. The van der Waals surface area contributed by atoms with Crippen LogP contribution >= 0.6 is 11.6 Å². The summed E-state index contributed by atoms with van der Waals surface area (Å²) in [6.07, 6.45) is -0.782. The highest BCUT2D eigenvalue weighted by Crippen LogP contribution is 2.26. The predicted octanol–water partition coefficient (Wildman–Crippen LogP) is 2.40. The minimum atomic E-state index is -0.613. The van der Waals surface area contributed by atoms with Crippen molar-refractivity contribution in [2.75, 3.05) is 26.2 Å². The summed E-state index contributed by atoms with van der Waals surface area (Å²) in [5.74, 6) is 0. The Morgan fingerprint density at radius 3 is 3.00 bits per heavy atom. The second-order valence-electron chi connectivity index (χ2n) is 4.76. The van der Waals surface area contributed by atoms with Crippen molar-refractivity contribution < 1.29 is 9.84 Å². The number of hydrogen-bond acceptors (Lipinski definition) is 3. The molecule has 1 aromatic carbocycles. The highest BCUT2D eigenvalue weighted by Gasteiger charge is 2.27. The van der Waals surface area contributed by atoms with Gasteiger partial charge >= 0.3 is 0 Å². The van der Waals surface area contributed by atoms with Gasteiger partial charge in [-0.2, -0.15) is 0 Å². The van der Waals surface area contributed by atoms with Gasteiger partial charge in [0.15, 0.2) is 0 Å². The van der Waals surface area contributed by atoms with Crippen LogP contribution in [-0.4, -0.2) is 42.4 Å². The Kier molecular flexibility index (Phi) is 4.62. The van der Waals surface area contributed by atoms with E-state index in [2.05, 4.69) is 11.8 Å². The molecule has 0 aliphatic carbocycles. The van der Waals surface area contributed by atoms with Gasteiger partial charge in [-0.1, -0.05) is 30.7 Å². The summed E-state index contributed by atoms with van der Waals surface area (Å²) in [6, 6.07) is 5.68. The van der Waals surface area contributed by atoms with Crippen LogP contribution in [0.3, 0.4) is 0 Å². The van der Waals surface area contributed by atoms with Crippen LogP contribution < -0.4 is 0 Å². The number of nitrogens with zero attached hydrogens (tertiary/aromatic N) is 1. The van der Waals surface area contributed by atoms with E-state index in [-0.39, 0.29) is 6.10 Å². The van der Waals surface area contributed by atoms with Gasteiger partial charge in [-0.3, -0.25) is 4.90 Å². The van der Waals surface area contributed by atoms with Crippen LogP contribution in [0.1, 0.15) is 24.2 Å². The summed E-state index contributed by atoms with van der Waals surface area (Å²) in [6.45, 7) is 7.44. The minimum Gasteiger partial charge on any atom is -0.386 e. The monoisotopic (exact) mass is 269 g/mol. The molecule has 1 fully saturated rings. The van der Waals surface area contributed by atoms with Gasteiger partial charge in [-0.25, -0.2) is 0 Å². The molecule has 1 aliphatic rings. The predicted molar refractivity (Wildman–Crippen MR) is 73.0 cm³/mol.